The second kappa shape index (κ2) is 16.7. The number of ether oxygens (including phenoxy) is 2. The van der Waals surface area contributed by atoms with E-state index in [2.05, 4.69) is 25.7 Å². The molecular weight excluding hydrogens is 719 g/mol. The van der Waals surface area contributed by atoms with Gasteiger partial charge in [0.15, 0.2) is 17.4 Å². The fourth-order valence-corrected chi connectivity index (χ4v) is 5.73. The molecule has 1 aromatic carbocycles. The fourth-order valence-electron chi connectivity index (χ4n) is 5.73. The zero-order valence-electron chi connectivity index (χ0n) is 29.3. The molecule has 0 radical (unpaired) electrons. The number of anilines is 2. The largest absolute Gasteiger partial charge is 0.491 e. The highest BCUT2D eigenvalue weighted by atomic mass is 19.4. The van der Waals surface area contributed by atoms with Crippen LogP contribution in [0.15, 0.2) is 42.6 Å². The molecule has 0 bridgehead atoms. The zero-order chi connectivity index (χ0) is 39.2. The van der Waals surface area contributed by atoms with E-state index in [4.69, 9.17) is 20.9 Å². The Morgan fingerprint density at radius 1 is 1.15 bits per heavy atom. The number of hydrogen-bond acceptors (Lipinski definition) is 12. The number of benzene rings is 1. The lowest BCUT2D eigenvalue weighted by molar-refractivity contribution is -0.384. The quantitative estimate of drug-likeness (QED) is 0.0558. The van der Waals surface area contributed by atoms with Crippen LogP contribution in [0.1, 0.15) is 50.2 Å². The minimum atomic E-state index is -4.49. The molecule has 4 aromatic rings. The number of aromatic nitrogens is 5. The summed E-state index contributed by atoms with van der Waals surface area (Å²) < 4.78 is 53.1. The number of nitro groups is 1. The van der Waals surface area contributed by atoms with Crippen molar-refractivity contribution in [1.29, 1.82) is 0 Å². The predicted molar refractivity (Wildman–Crippen MR) is 188 cm³/mol. The lowest BCUT2D eigenvalue weighted by Gasteiger charge is -2.33. The first-order valence-electron chi connectivity index (χ1n) is 16.7. The van der Waals surface area contributed by atoms with Crippen LogP contribution < -0.4 is 26.8 Å². The average Bonchev–Trinajstić information content (AvgIpc) is 3.68. The molecule has 5 rings (SSSR count). The number of nitrogens with zero attached hydrogens (tertiary/aromatic N) is 7. The summed E-state index contributed by atoms with van der Waals surface area (Å²) >= 11 is 0. The monoisotopic (exact) mass is 757 g/mol. The van der Waals surface area contributed by atoms with Crippen LogP contribution >= 0.6 is 0 Å². The van der Waals surface area contributed by atoms with Crippen molar-refractivity contribution >= 4 is 46.2 Å². The number of nitrogens with one attached hydrogen (secondary N) is 2. The van der Waals surface area contributed by atoms with Gasteiger partial charge in [-0.05, 0) is 38.5 Å². The summed E-state index contributed by atoms with van der Waals surface area (Å²) in [6.45, 7) is 4.25. The molecule has 288 valence electrons. The number of halogens is 3. The number of carbonyl (C=O) groups is 3. The highest BCUT2D eigenvalue weighted by molar-refractivity contribution is 6.03. The lowest BCUT2D eigenvalue weighted by Crippen LogP contribution is -2.49. The molecule has 4 heterocycles. The first kappa shape index (κ1) is 39.1. The SMILES string of the molecule is CCn1nc(C)cc1C(=O)Nc1nc2cc(C(N)=O)cnc2n1C/C=C/CNc1c(OCCCN2CCOC(C(F)(F)F)C2)cc(C(N)=O)cc1[N+](=O)[O-]. The summed E-state index contributed by atoms with van der Waals surface area (Å²) in [6.07, 6.45) is -1.52. The molecule has 3 aromatic heterocycles. The van der Waals surface area contributed by atoms with Crippen LogP contribution in [0.25, 0.3) is 11.2 Å². The number of morpholine rings is 1. The number of primary amides is 2. The van der Waals surface area contributed by atoms with Crippen LogP contribution in [0.3, 0.4) is 0 Å². The van der Waals surface area contributed by atoms with Gasteiger partial charge in [0.25, 0.3) is 11.6 Å². The second-order valence-electron chi connectivity index (χ2n) is 12.2. The molecule has 0 aliphatic carbocycles. The van der Waals surface area contributed by atoms with Gasteiger partial charge in [0.05, 0.1) is 29.4 Å². The van der Waals surface area contributed by atoms with Crippen molar-refractivity contribution in [3.63, 3.8) is 0 Å². The molecule has 0 saturated carbocycles. The maximum absolute atomic E-state index is 13.3. The topological polar surface area (TPSA) is 241 Å². The maximum atomic E-state index is 13.3. The van der Waals surface area contributed by atoms with Crippen LogP contribution in [0.4, 0.5) is 30.5 Å². The molecule has 3 amide bonds. The normalized spacial score (nSPS) is 15.1. The number of aryl methyl sites for hydroxylation is 2. The number of allylic oxidation sites excluding steroid dienone is 1. The summed E-state index contributed by atoms with van der Waals surface area (Å²) in [4.78, 5) is 58.8. The Balaban J connectivity index is 1.31. The van der Waals surface area contributed by atoms with E-state index < -0.39 is 40.6 Å². The summed E-state index contributed by atoms with van der Waals surface area (Å²) in [5.74, 6) is -2.06. The van der Waals surface area contributed by atoms with Gasteiger partial charge in [-0.2, -0.15) is 18.3 Å². The molecule has 18 nitrogen and oxygen atoms in total. The van der Waals surface area contributed by atoms with Gasteiger partial charge in [0.2, 0.25) is 17.8 Å². The summed E-state index contributed by atoms with van der Waals surface area (Å²) in [5.41, 5.74) is 11.8. The van der Waals surface area contributed by atoms with Crippen molar-refractivity contribution in [2.75, 3.05) is 50.0 Å². The number of nitro benzene ring substituents is 1. The second-order valence-corrected chi connectivity index (χ2v) is 12.2. The number of pyridine rings is 1. The van der Waals surface area contributed by atoms with Crippen LogP contribution in [0.5, 0.6) is 5.75 Å². The van der Waals surface area contributed by atoms with Gasteiger partial charge < -0.3 is 26.3 Å². The molecule has 1 unspecified atom stereocenters. The molecule has 1 fully saturated rings. The standard InChI is InChI=1S/C33H38F3N11O7/c1-3-46-24(13-19(2)43-46)31(50)42-32-41-22-14-21(29(38)49)17-40-30(22)45(32)9-5-4-7-39-27-23(47(51)52)15-20(28(37)48)16-25(27)53-11-6-8-44-10-12-54-26(18-44)33(34,35)36/h4-5,13-17,26,39H,3,6-12,18H2,1-2H3,(H2,37,48)(H2,38,49)(H,41,42,50)/b5-4+. The number of rotatable bonds is 16. The van der Waals surface area contributed by atoms with E-state index in [0.717, 1.165) is 6.07 Å². The first-order valence-corrected chi connectivity index (χ1v) is 16.7. The first-order chi connectivity index (χ1) is 25.7. The Morgan fingerprint density at radius 3 is 2.59 bits per heavy atom. The van der Waals surface area contributed by atoms with E-state index in [1.165, 1.54) is 23.0 Å². The third-order valence-electron chi connectivity index (χ3n) is 8.33. The number of hydrogen-bond donors (Lipinski definition) is 4. The van der Waals surface area contributed by atoms with E-state index in [9.17, 15) is 37.7 Å². The summed E-state index contributed by atoms with van der Waals surface area (Å²) in [7, 11) is 0. The van der Waals surface area contributed by atoms with Crippen LogP contribution in [0.2, 0.25) is 0 Å². The van der Waals surface area contributed by atoms with Gasteiger partial charge in [-0.3, -0.25) is 44.0 Å². The molecule has 1 atom stereocenters. The summed E-state index contributed by atoms with van der Waals surface area (Å²) in [5, 5.41) is 22.1. The number of amides is 3. The van der Waals surface area contributed by atoms with Crippen molar-refractivity contribution < 1.29 is 42.0 Å². The molecule has 54 heavy (non-hydrogen) atoms. The van der Waals surface area contributed by atoms with Crippen LogP contribution in [-0.2, 0) is 17.8 Å². The highest BCUT2D eigenvalue weighted by Gasteiger charge is 2.43. The molecule has 6 N–H and O–H groups in total. The predicted octanol–water partition coefficient (Wildman–Crippen LogP) is 3.01. The fraction of sp³-hybridized carbons (Fsp3) is 0.394. The number of carbonyl (C=O) groups excluding carboxylic acids is 3. The minimum absolute atomic E-state index is 0.0161. The van der Waals surface area contributed by atoms with Gasteiger partial charge in [0.1, 0.15) is 17.0 Å². The van der Waals surface area contributed by atoms with Crippen molar-refractivity contribution in [3.8, 4) is 5.75 Å². The Kier molecular flexibility index (Phi) is 12.1. The third kappa shape index (κ3) is 9.28. The molecule has 1 saturated heterocycles. The third-order valence-corrected chi connectivity index (χ3v) is 8.33. The van der Waals surface area contributed by atoms with E-state index in [0.29, 0.717) is 30.1 Å². The van der Waals surface area contributed by atoms with Crippen molar-refractivity contribution in [2.24, 2.45) is 11.5 Å². The van der Waals surface area contributed by atoms with Crippen molar-refractivity contribution in [1.82, 2.24) is 29.2 Å². The number of nitrogens with two attached hydrogens (primary N) is 2. The number of alkyl halides is 3. The number of imidazole rings is 1. The van der Waals surface area contributed by atoms with E-state index >= 15 is 0 Å². The molecule has 0 spiro atoms. The van der Waals surface area contributed by atoms with Crippen molar-refractivity contribution in [3.05, 3.63) is 75.2 Å². The van der Waals surface area contributed by atoms with Gasteiger partial charge >= 0.3 is 6.18 Å². The van der Waals surface area contributed by atoms with Crippen molar-refractivity contribution in [2.45, 2.75) is 45.6 Å². The number of fused-ring (bicyclic) bond motifs is 1. The average molecular weight is 758 g/mol. The van der Waals surface area contributed by atoms with Crippen LogP contribution in [0, 0.1) is 17.0 Å². The van der Waals surface area contributed by atoms with Crippen LogP contribution in [-0.4, -0.2) is 104 Å². The van der Waals surface area contributed by atoms with E-state index in [-0.39, 0.29) is 79.8 Å². The minimum Gasteiger partial charge on any atom is -0.491 e. The highest BCUT2D eigenvalue weighted by Crippen LogP contribution is 2.36. The smallest absolute Gasteiger partial charge is 0.415 e. The van der Waals surface area contributed by atoms with E-state index in [1.54, 1.807) is 34.6 Å². The van der Waals surface area contributed by atoms with Gasteiger partial charge in [-0.15, -0.1) is 0 Å². The van der Waals surface area contributed by atoms with Gasteiger partial charge in [-0.1, -0.05) is 12.2 Å². The Morgan fingerprint density at radius 2 is 1.91 bits per heavy atom. The van der Waals surface area contributed by atoms with Gasteiger partial charge in [0, 0.05) is 57.1 Å². The Hall–Kier alpha value is -6.09. The maximum Gasteiger partial charge on any atom is 0.415 e. The molecule has 1 aliphatic heterocycles. The molecule has 1 aliphatic rings. The Labute approximate surface area is 305 Å². The molecular formula is C33H38F3N11O7. The van der Waals surface area contributed by atoms with Gasteiger partial charge in [-0.25, -0.2) is 9.97 Å². The Bertz CT molecular complexity index is 2080. The summed E-state index contributed by atoms with van der Waals surface area (Å²) in [6, 6.07) is 5.33. The van der Waals surface area contributed by atoms with E-state index in [1.807, 2.05) is 6.92 Å². The lowest BCUT2D eigenvalue weighted by atomic mass is 10.1. The molecule has 21 heteroatoms. The zero-order valence-corrected chi connectivity index (χ0v) is 29.3.